The van der Waals surface area contributed by atoms with Crippen LogP contribution in [0.4, 0.5) is 11.4 Å². The molecule has 36 heavy (non-hydrogen) atoms. The van der Waals surface area contributed by atoms with E-state index in [9.17, 15) is 19.7 Å². The molecule has 1 heterocycles. The number of nitro benzene ring substituents is 1. The van der Waals surface area contributed by atoms with Crippen molar-refractivity contribution in [2.24, 2.45) is 0 Å². The maximum absolute atomic E-state index is 13.0. The van der Waals surface area contributed by atoms with Gasteiger partial charge in [-0.05, 0) is 35.9 Å². The summed E-state index contributed by atoms with van der Waals surface area (Å²) in [7, 11) is 0. The number of amides is 2. The summed E-state index contributed by atoms with van der Waals surface area (Å²) in [5.74, 6) is -0.900. The van der Waals surface area contributed by atoms with Crippen LogP contribution in [0.1, 0.15) is 26.3 Å². The number of anilines is 1. The van der Waals surface area contributed by atoms with Gasteiger partial charge >= 0.3 is 0 Å². The third-order valence-electron chi connectivity index (χ3n) is 5.78. The van der Waals surface area contributed by atoms with E-state index in [4.69, 9.17) is 16.3 Å². The average Bonchev–Trinajstić information content (AvgIpc) is 2.88. The van der Waals surface area contributed by atoms with Crippen molar-refractivity contribution >= 4 is 34.8 Å². The smallest absolute Gasteiger partial charge is 0.269 e. The van der Waals surface area contributed by atoms with Gasteiger partial charge in [0.2, 0.25) is 0 Å². The van der Waals surface area contributed by atoms with Crippen LogP contribution in [0.2, 0.25) is 5.02 Å². The average molecular weight is 509 g/mol. The fourth-order valence-corrected chi connectivity index (χ4v) is 4.11. The Morgan fingerprint density at radius 3 is 2.53 bits per heavy atom. The number of nitrogens with zero attached hydrogens (tertiary/aromatic N) is 2. The number of hydrogen-bond donors (Lipinski definition) is 2. The van der Waals surface area contributed by atoms with Gasteiger partial charge in [-0.1, -0.05) is 41.9 Å². The topological polar surface area (TPSA) is 114 Å². The minimum absolute atomic E-state index is 0.123. The highest BCUT2D eigenvalue weighted by Crippen LogP contribution is 2.23. The predicted molar refractivity (Wildman–Crippen MR) is 136 cm³/mol. The van der Waals surface area contributed by atoms with Gasteiger partial charge in [-0.2, -0.15) is 0 Å². The molecule has 1 fully saturated rings. The van der Waals surface area contributed by atoms with Crippen LogP contribution in [0.5, 0.6) is 0 Å². The highest BCUT2D eigenvalue weighted by molar-refractivity contribution is 6.31. The Morgan fingerprint density at radius 1 is 1.06 bits per heavy atom. The Labute approximate surface area is 213 Å². The molecule has 9 nitrogen and oxygen atoms in total. The number of morpholine rings is 1. The Bertz CT molecular complexity index is 1240. The number of non-ortho nitro benzene ring substituents is 1. The first-order valence-electron chi connectivity index (χ1n) is 11.4. The van der Waals surface area contributed by atoms with Crippen LogP contribution in [0.25, 0.3) is 0 Å². The standard InChI is InChI=1S/C26H25ClN4O5/c27-20-8-11-23(24(14-20)29-25(32)19-6-9-21(10-7-19)31(34)35)26(33)28-15-22-17-30(12-13-36-22)16-18-4-2-1-3-5-18/h1-11,14,22H,12-13,15-17H2,(H,28,33)(H,29,32). The Kier molecular flexibility index (Phi) is 8.27. The van der Waals surface area contributed by atoms with Gasteiger partial charge in [-0.3, -0.25) is 24.6 Å². The van der Waals surface area contributed by atoms with Gasteiger partial charge in [0.15, 0.2) is 0 Å². The van der Waals surface area contributed by atoms with Crippen molar-refractivity contribution in [3.8, 4) is 0 Å². The van der Waals surface area contributed by atoms with Crippen molar-refractivity contribution in [3.05, 3.63) is 105 Å². The lowest BCUT2D eigenvalue weighted by atomic mass is 10.1. The number of carbonyl (C=O) groups is 2. The van der Waals surface area contributed by atoms with Crippen molar-refractivity contribution in [2.45, 2.75) is 12.6 Å². The van der Waals surface area contributed by atoms with Gasteiger partial charge in [0.1, 0.15) is 0 Å². The maximum atomic E-state index is 13.0. The molecular formula is C26H25ClN4O5. The Morgan fingerprint density at radius 2 is 1.81 bits per heavy atom. The van der Waals surface area contributed by atoms with Gasteiger partial charge in [-0.15, -0.1) is 0 Å². The second kappa shape index (κ2) is 11.8. The first-order valence-corrected chi connectivity index (χ1v) is 11.8. The lowest BCUT2D eigenvalue weighted by Crippen LogP contribution is -2.47. The van der Waals surface area contributed by atoms with Gasteiger partial charge < -0.3 is 15.4 Å². The molecule has 2 amide bonds. The molecule has 1 aliphatic heterocycles. The summed E-state index contributed by atoms with van der Waals surface area (Å²) in [5.41, 5.74) is 1.78. The summed E-state index contributed by atoms with van der Waals surface area (Å²) in [6.07, 6.45) is -0.170. The zero-order chi connectivity index (χ0) is 25.5. The summed E-state index contributed by atoms with van der Waals surface area (Å²) in [4.78, 5) is 38.3. The molecule has 0 saturated carbocycles. The zero-order valence-electron chi connectivity index (χ0n) is 19.4. The van der Waals surface area contributed by atoms with E-state index in [2.05, 4.69) is 27.7 Å². The van der Waals surface area contributed by atoms with E-state index in [0.29, 0.717) is 24.7 Å². The van der Waals surface area contributed by atoms with E-state index in [0.717, 1.165) is 13.1 Å². The van der Waals surface area contributed by atoms with Crippen LogP contribution in [0, 0.1) is 10.1 Å². The number of carbonyl (C=O) groups excluding carboxylic acids is 2. The largest absolute Gasteiger partial charge is 0.374 e. The van der Waals surface area contributed by atoms with Gasteiger partial charge in [0.05, 0.1) is 28.9 Å². The number of nitro groups is 1. The van der Waals surface area contributed by atoms with Crippen LogP contribution >= 0.6 is 11.6 Å². The molecule has 1 unspecified atom stereocenters. The van der Waals surface area contributed by atoms with Gasteiger partial charge in [0.25, 0.3) is 17.5 Å². The molecule has 186 valence electrons. The van der Waals surface area contributed by atoms with Crippen LogP contribution in [0.3, 0.4) is 0 Å². The molecule has 0 aliphatic carbocycles. The molecule has 1 saturated heterocycles. The molecule has 1 aliphatic rings. The summed E-state index contributed by atoms with van der Waals surface area (Å²) >= 11 is 6.10. The first-order chi connectivity index (χ1) is 17.4. The van der Waals surface area contributed by atoms with Crippen molar-refractivity contribution in [3.63, 3.8) is 0 Å². The normalized spacial score (nSPS) is 15.8. The molecule has 0 radical (unpaired) electrons. The second-order valence-corrected chi connectivity index (χ2v) is 8.81. The number of rotatable bonds is 8. The molecule has 2 N–H and O–H groups in total. The van der Waals surface area contributed by atoms with Crippen LogP contribution in [-0.2, 0) is 11.3 Å². The van der Waals surface area contributed by atoms with Gasteiger partial charge in [0, 0.05) is 48.9 Å². The van der Waals surface area contributed by atoms with Crippen molar-refractivity contribution in [1.82, 2.24) is 10.2 Å². The van der Waals surface area contributed by atoms with Crippen LogP contribution < -0.4 is 10.6 Å². The summed E-state index contributed by atoms with van der Waals surface area (Å²) in [6, 6.07) is 19.9. The second-order valence-electron chi connectivity index (χ2n) is 8.37. The van der Waals surface area contributed by atoms with Crippen LogP contribution in [0.15, 0.2) is 72.8 Å². The van der Waals surface area contributed by atoms with E-state index in [1.54, 1.807) is 6.07 Å². The summed E-state index contributed by atoms with van der Waals surface area (Å²) in [6.45, 7) is 3.19. The highest BCUT2D eigenvalue weighted by atomic mass is 35.5. The van der Waals surface area contributed by atoms with Crippen molar-refractivity contribution in [1.29, 1.82) is 0 Å². The molecule has 3 aromatic rings. The van der Waals surface area contributed by atoms with E-state index in [-0.39, 0.29) is 34.5 Å². The van der Waals surface area contributed by atoms with Crippen molar-refractivity contribution in [2.75, 3.05) is 31.6 Å². The SMILES string of the molecule is O=C(Nc1cc(Cl)ccc1C(=O)NCC1CN(Cc2ccccc2)CCO1)c1ccc([N+](=O)[O-])cc1. The van der Waals surface area contributed by atoms with Crippen LogP contribution in [-0.4, -0.2) is 54.0 Å². The fraction of sp³-hybridized carbons (Fsp3) is 0.231. The third kappa shape index (κ3) is 6.66. The summed E-state index contributed by atoms with van der Waals surface area (Å²) < 4.78 is 5.84. The van der Waals surface area contributed by atoms with Crippen molar-refractivity contribution < 1.29 is 19.2 Å². The van der Waals surface area contributed by atoms with E-state index in [1.807, 2.05) is 18.2 Å². The molecule has 0 aromatic heterocycles. The number of nitrogens with one attached hydrogen (secondary N) is 2. The third-order valence-corrected chi connectivity index (χ3v) is 6.01. The maximum Gasteiger partial charge on any atom is 0.269 e. The summed E-state index contributed by atoms with van der Waals surface area (Å²) in [5, 5.41) is 16.7. The number of benzene rings is 3. The van der Waals surface area contributed by atoms with E-state index < -0.39 is 10.8 Å². The minimum atomic E-state index is -0.544. The Balaban J connectivity index is 1.37. The quantitative estimate of drug-likeness (QED) is 0.349. The number of ether oxygens (including phenoxy) is 1. The Hall–Kier alpha value is -3.79. The molecule has 0 bridgehead atoms. The number of hydrogen-bond acceptors (Lipinski definition) is 6. The molecule has 1 atom stereocenters. The lowest BCUT2D eigenvalue weighted by molar-refractivity contribution is -0.384. The first kappa shape index (κ1) is 25.3. The molecular weight excluding hydrogens is 484 g/mol. The zero-order valence-corrected chi connectivity index (χ0v) is 20.1. The molecule has 3 aromatic carbocycles. The lowest BCUT2D eigenvalue weighted by Gasteiger charge is -2.33. The monoisotopic (exact) mass is 508 g/mol. The molecule has 10 heteroatoms. The minimum Gasteiger partial charge on any atom is -0.374 e. The molecule has 4 rings (SSSR count). The van der Waals surface area contributed by atoms with E-state index >= 15 is 0 Å². The predicted octanol–water partition coefficient (Wildman–Crippen LogP) is 4.13. The fourth-order valence-electron chi connectivity index (χ4n) is 3.94. The van der Waals surface area contributed by atoms with E-state index in [1.165, 1.54) is 42.0 Å². The van der Waals surface area contributed by atoms with Gasteiger partial charge in [-0.25, -0.2) is 0 Å². The molecule has 0 spiro atoms. The number of halogens is 1. The highest BCUT2D eigenvalue weighted by Gasteiger charge is 2.22.